The predicted molar refractivity (Wildman–Crippen MR) is 98.5 cm³/mol. The fraction of sp³-hybridized carbons (Fsp3) is 0.333. The van der Waals surface area contributed by atoms with E-state index in [1.54, 1.807) is 0 Å². The SMILES string of the molecule is CCOc1ccc([C@H]2CCC[NH+]2CN2C(=O)C(=O)c3cc(F)ccc32)cc1. The molecule has 140 valence electrons. The van der Waals surface area contributed by atoms with Crippen LogP contribution in [0.2, 0.25) is 0 Å². The van der Waals surface area contributed by atoms with Crippen LogP contribution in [-0.2, 0) is 4.79 Å². The molecule has 0 bridgehead atoms. The zero-order chi connectivity index (χ0) is 19.0. The number of nitrogens with one attached hydrogen (secondary N) is 1. The Kier molecular flexibility index (Phi) is 4.66. The molecule has 2 aliphatic heterocycles. The lowest BCUT2D eigenvalue weighted by Gasteiger charge is -2.26. The first-order valence-corrected chi connectivity index (χ1v) is 9.31. The van der Waals surface area contributed by atoms with Gasteiger partial charge in [0.2, 0.25) is 0 Å². The predicted octanol–water partition coefficient (Wildman–Crippen LogP) is 2.13. The second-order valence-corrected chi connectivity index (χ2v) is 6.99. The molecule has 2 atom stereocenters. The number of benzene rings is 2. The third kappa shape index (κ3) is 3.21. The topological polar surface area (TPSA) is 51.1 Å². The van der Waals surface area contributed by atoms with Gasteiger partial charge in [-0.25, -0.2) is 4.39 Å². The van der Waals surface area contributed by atoms with Gasteiger partial charge >= 0.3 is 5.91 Å². The number of hydrogen-bond acceptors (Lipinski definition) is 3. The number of ether oxygens (including phenoxy) is 1. The molecule has 1 unspecified atom stereocenters. The van der Waals surface area contributed by atoms with Crippen LogP contribution in [0.1, 0.15) is 41.7 Å². The summed E-state index contributed by atoms with van der Waals surface area (Å²) in [6.45, 7) is 3.91. The molecule has 2 aliphatic rings. The molecule has 0 radical (unpaired) electrons. The van der Waals surface area contributed by atoms with Crippen molar-refractivity contribution < 1.29 is 23.6 Å². The summed E-state index contributed by atoms with van der Waals surface area (Å²) in [5, 5.41) is 0. The Morgan fingerprint density at radius 1 is 1.19 bits per heavy atom. The molecule has 2 aromatic rings. The lowest BCUT2D eigenvalue weighted by molar-refractivity contribution is -0.917. The van der Waals surface area contributed by atoms with Crippen LogP contribution in [0.15, 0.2) is 42.5 Å². The van der Waals surface area contributed by atoms with Gasteiger partial charge in [-0.05, 0) is 49.4 Å². The minimum Gasteiger partial charge on any atom is -0.494 e. The van der Waals surface area contributed by atoms with Gasteiger partial charge in [0.05, 0.1) is 24.4 Å². The van der Waals surface area contributed by atoms with E-state index in [9.17, 15) is 14.0 Å². The summed E-state index contributed by atoms with van der Waals surface area (Å²) in [4.78, 5) is 27.4. The molecular formula is C21H22FN2O3+. The smallest absolute Gasteiger partial charge is 0.303 e. The summed E-state index contributed by atoms with van der Waals surface area (Å²) in [6, 6.07) is 12.3. The highest BCUT2D eigenvalue weighted by atomic mass is 19.1. The lowest BCUT2D eigenvalue weighted by atomic mass is 10.0. The van der Waals surface area contributed by atoms with Crippen LogP contribution in [0.25, 0.3) is 0 Å². The minimum absolute atomic E-state index is 0.163. The van der Waals surface area contributed by atoms with E-state index in [4.69, 9.17) is 4.74 Å². The number of likely N-dealkylation sites (tertiary alicyclic amines) is 1. The van der Waals surface area contributed by atoms with E-state index < -0.39 is 17.5 Å². The van der Waals surface area contributed by atoms with Crippen molar-refractivity contribution in [2.45, 2.75) is 25.8 Å². The highest BCUT2D eigenvalue weighted by molar-refractivity contribution is 6.52. The van der Waals surface area contributed by atoms with Crippen LogP contribution in [0.3, 0.4) is 0 Å². The molecule has 2 heterocycles. The molecule has 1 fully saturated rings. The average molecular weight is 369 g/mol. The van der Waals surface area contributed by atoms with Gasteiger partial charge in [0.15, 0.2) is 6.67 Å². The van der Waals surface area contributed by atoms with E-state index in [2.05, 4.69) is 12.1 Å². The van der Waals surface area contributed by atoms with Gasteiger partial charge in [-0.1, -0.05) is 0 Å². The molecule has 6 heteroatoms. The van der Waals surface area contributed by atoms with Crippen molar-refractivity contribution in [1.29, 1.82) is 0 Å². The Morgan fingerprint density at radius 3 is 2.70 bits per heavy atom. The number of fused-ring (bicyclic) bond motifs is 1. The van der Waals surface area contributed by atoms with Crippen LogP contribution < -0.4 is 14.5 Å². The first kappa shape index (κ1) is 17.7. The summed E-state index contributed by atoms with van der Waals surface area (Å²) < 4.78 is 19.0. The maximum atomic E-state index is 13.5. The Balaban J connectivity index is 1.55. The van der Waals surface area contributed by atoms with Crippen molar-refractivity contribution in [3.8, 4) is 5.75 Å². The molecule has 0 aliphatic carbocycles. The van der Waals surface area contributed by atoms with Crippen molar-refractivity contribution in [1.82, 2.24) is 0 Å². The molecule has 27 heavy (non-hydrogen) atoms. The van der Waals surface area contributed by atoms with Gasteiger partial charge < -0.3 is 9.64 Å². The number of halogens is 1. The van der Waals surface area contributed by atoms with E-state index in [0.717, 1.165) is 31.2 Å². The standard InChI is InChI=1S/C21H21FN2O3/c1-2-27-16-8-5-14(6-9-16)18-4-3-11-23(18)13-24-19-10-7-15(22)12-17(19)20(25)21(24)26/h5-10,12,18H,2-4,11,13H2,1H3/p+1/t18-/m1/s1. The fourth-order valence-corrected chi connectivity index (χ4v) is 4.10. The van der Waals surface area contributed by atoms with Crippen LogP contribution in [0.5, 0.6) is 5.75 Å². The van der Waals surface area contributed by atoms with E-state index >= 15 is 0 Å². The fourth-order valence-electron chi connectivity index (χ4n) is 4.10. The van der Waals surface area contributed by atoms with Crippen molar-refractivity contribution in [2.75, 3.05) is 24.7 Å². The summed E-state index contributed by atoms with van der Waals surface area (Å²) in [6.07, 6.45) is 2.08. The average Bonchev–Trinajstić information content (AvgIpc) is 3.22. The number of quaternary nitrogens is 1. The van der Waals surface area contributed by atoms with Gasteiger partial charge in [0, 0.05) is 18.4 Å². The number of Topliss-reactive ketones (excluding diaryl/α,β-unsaturated/α-hetero) is 1. The third-order valence-electron chi connectivity index (χ3n) is 5.37. The number of anilines is 1. The van der Waals surface area contributed by atoms with Crippen molar-refractivity contribution in [3.63, 3.8) is 0 Å². The second kappa shape index (κ2) is 7.12. The maximum Gasteiger partial charge on any atom is 0.303 e. The van der Waals surface area contributed by atoms with Crippen LogP contribution in [-0.4, -0.2) is 31.5 Å². The van der Waals surface area contributed by atoms with E-state index in [1.165, 1.54) is 27.5 Å². The van der Waals surface area contributed by atoms with E-state index in [-0.39, 0.29) is 11.6 Å². The highest BCUT2D eigenvalue weighted by Gasteiger charge is 2.40. The monoisotopic (exact) mass is 369 g/mol. The van der Waals surface area contributed by atoms with Gasteiger partial charge in [-0.3, -0.25) is 14.5 Å². The third-order valence-corrected chi connectivity index (χ3v) is 5.37. The summed E-state index contributed by atoms with van der Waals surface area (Å²) in [5.41, 5.74) is 1.87. The number of amides is 1. The van der Waals surface area contributed by atoms with Gasteiger partial charge in [-0.15, -0.1) is 0 Å². The van der Waals surface area contributed by atoms with Crippen molar-refractivity contribution in [2.24, 2.45) is 0 Å². The summed E-state index contributed by atoms with van der Waals surface area (Å²) in [5.74, 6) is -0.851. The van der Waals surface area contributed by atoms with Gasteiger partial charge in [0.1, 0.15) is 17.6 Å². The zero-order valence-electron chi connectivity index (χ0n) is 15.2. The number of hydrogen-bond donors (Lipinski definition) is 1. The Bertz CT molecular complexity index is 881. The summed E-state index contributed by atoms with van der Waals surface area (Å²) >= 11 is 0. The van der Waals surface area contributed by atoms with E-state index in [0.29, 0.717) is 19.0 Å². The molecular weight excluding hydrogens is 347 g/mol. The van der Waals surface area contributed by atoms with E-state index in [1.807, 2.05) is 19.1 Å². The van der Waals surface area contributed by atoms with Crippen molar-refractivity contribution in [3.05, 3.63) is 59.4 Å². The second-order valence-electron chi connectivity index (χ2n) is 6.99. The number of nitrogens with zero attached hydrogens (tertiary/aromatic N) is 1. The Hall–Kier alpha value is -2.73. The molecule has 0 saturated carbocycles. The Labute approximate surface area is 157 Å². The number of ketones is 1. The maximum absolute atomic E-state index is 13.5. The lowest BCUT2D eigenvalue weighted by Crippen LogP contribution is -3.12. The normalized spacial score (nSPS) is 21.6. The largest absolute Gasteiger partial charge is 0.494 e. The van der Waals surface area contributed by atoms with Gasteiger partial charge in [0.25, 0.3) is 5.78 Å². The molecule has 1 amide bonds. The molecule has 1 saturated heterocycles. The van der Waals surface area contributed by atoms with Crippen LogP contribution >= 0.6 is 0 Å². The summed E-state index contributed by atoms with van der Waals surface area (Å²) in [7, 11) is 0. The molecule has 0 spiro atoms. The zero-order valence-corrected chi connectivity index (χ0v) is 15.2. The molecule has 2 aromatic carbocycles. The molecule has 4 rings (SSSR count). The quantitative estimate of drug-likeness (QED) is 0.822. The van der Waals surface area contributed by atoms with Crippen LogP contribution in [0.4, 0.5) is 10.1 Å². The van der Waals surface area contributed by atoms with Crippen LogP contribution in [0, 0.1) is 5.82 Å². The Morgan fingerprint density at radius 2 is 1.96 bits per heavy atom. The molecule has 0 aromatic heterocycles. The van der Waals surface area contributed by atoms with Crippen molar-refractivity contribution >= 4 is 17.4 Å². The molecule has 5 nitrogen and oxygen atoms in total. The first-order valence-electron chi connectivity index (χ1n) is 9.31. The first-order chi connectivity index (χ1) is 13.1. The number of carbonyl (C=O) groups excluding carboxylic acids is 2. The minimum atomic E-state index is -0.624. The molecule has 1 N–H and O–H groups in total. The highest BCUT2D eigenvalue weighted by Crippen LogP contribution is 2.29. The number of rotatable bonds is 5. The van der Waals surface area contributed by atoms with Gasteiger partial charge in [-0.2, -0.15) is 0 Å². The number of carbonyl (C=O) groups is 2.